The second kappa shape index (κ2) is 5.41. The van der Waals surface area contributed by atoms with Gasteiger partial charge < -0.3 is 0 Å². The van der Waals surface area contributed by atoms with E-state index in [0.29, 0.717) is 6.54 Å². The molecule has 0 N–H and O–H groups in total. The number of para-hydroxylation sites is 1. The molecule has 0 saturated heterocycles. The fraction of sp³-hybridized carbons (Fsp3) is 0.188. The first-order chi connectivity index (χ1) is 11.6. The summed E-state index contributed by atoms with van der Waals surface area (Å²) < 4.78 is 29.0. The lowest BCUT2D eigenvalue weighted by Crippen LogP contribution is -2.29. The van der Waals surface area contributed by atoms with Gasteiger partial charge in [-0.05, 0) is 59.2 Å². The molecule has 0 radical (unpaired) electrons. The summed E-state index contributed by atoms with van der Waals surface area (Å²) in [5.74, 6) is 0. The number of anilines is 1. The monoisotopic (exact) mass is 341 g/mol. The largest absolute Gasteiger partial charge is 0.266 e. The van der Waals surface area contributed by atoms with Crippen molar-refractivity contribution in [2.45, 2.75) is 18.2 Å². The minimum Gasteiger partial charge on any atom is -0.266 e. The third-order valence-corrected chi connectivity index (χ3v) is 6.01. The van der Waals surface area contributed by atoms with Crippen molar-refractivity contribution >= 4 is 15.7 Å². The number of aromatic nitrogens is 4. The SMILES string of the molecule is Cc1cc(S(=O)(=O)N2CCc3ccccc32)ccc1-n1cnnn1. The molecule has 4 rings (SSSR count). The van der Waals surface area contributed by atoms with Gasteiger partial charge in [0.15, 0.2) is 0 Å². The molecule has 0 fully saturated rings. The van der Waals surface area contributed by atoms with Gasteiger partial charge >= 0.3 is 0 Å². The van der Waals surface area contributed by atoms with Crippen LogP contribution in [0.3, 0.4) is 0 Å². The zero-order valence-corrected chi connectivity index (χ0v) is 13.8. The van der Waals surface area contributed by atoms with Gasteiger partial charge in [-0.2, -0.15) is 0 Å². The van der Waals surface area contributed by atoms with Crippen LogP contribution in [0.25, 0.3) is 5.69 Å². The lowest BCUT2D eigenvalue weighted by Gasteiger charge is -2.20. The first-order valence-corrected chi connectivity index (χ1v) is 8.96. The van der Waals surface area contributed by atoms with Gasteiger partial charge in [0, 0.05) is 6.54 Å². The van der Waals surface area contributed by atoms with Crippen molar-refractivity contribution in [1.29, 1.82) is 0 Å². The topological polar surface area (TPSA) is 81.0 Å². The molecule has 3 aromatic rings. The highest BCUT2D eigenvalue weighted by Crippen LogP contribution is 2.33. The van der Waals surface area contributed by atoms with Gasteiger partial charge in [0.25, 0.3) is 10.0 Å². The second-order valence-electron chi connectivity index (χ2n) is 5.66. The molecule has 0 unspecified atom stereocenters. The number of rotatable bonds is 3. The average molecular weight is 341 g/mol. The van der Waals surface area contributed by atoms with E-state index >= 15 is 0 Å². The van der Waals surface area contributed by atoms with Crippen LogP contribution in [0.15, 0.2) is 53.7 Å². The molecule has 0 aliphatic carbocycles. The molecular weight excluding hydrogens is 326 g/mol. The summed E-state index contributed by atoms with van der Waals surface area (Å²) in [7, 11) is -3.59. The lowest BCUT2D eigenvalue weighted by molar-refractivity contribution is 0.592. The lowest BCUT2D eigenvalue weighted by atomic mass is 10.2. The van der Waals surface area contributed by atoms with Gasteiger partial charge in [-0.1, -0.05) is 18.2 Å². The Morgan fingerprint density at radius 3 is 2.67 bits per heavy atom. The van der Waals surface area contributed by atoms with Crippen molar-refractivity contribution in [3.63, 3.8) is 0 Å². The number of hydrogen-bond acceptors (Lipinski definition) is 5. The molecule has 0 atom stereocenters. The van der Waals surface area contributed by atoms with Crippen LogP contribution in [0.5, 0.6) is 0 Å². The predicted molar refractivity (Wildman–Crippen MR) is 88.6 cm³/mol. The van der Waals surface area contributed by atoms with E-state index in [-0.39, 0.29) is 4.90 Å². The molecule has 0 spiro atoms. The number of tetrazole rings is 1. The Kier molecular flexibility index (Phi) is 3.34. The van der Waals surface area contributed by atoms with Gasteiger partial charge in [-0.25, -0.2) is 13.1 Å². The zero-order valence-electron chi connectivity index (χ0n) is 13.0. The Labute approximate surface area is 139 Å². The van der Waals surface area contributed by atoms with Crippen LogP contribution < -0.4 is 4.31 Å². The van der Waals surface area contributed by atoms with Crippen LogP contribution in [0.1, 0.15) is 11.1 Å². The summed E-state index contributed by atoms with van der Waals surface area (Å²) in [5, 5.41) is 11.1. The number of aryl methyl sites for hydroxylation is 1. The van der Waals surface area contributed by atoms with Crippen LogP contribution in [-0.4, -0.2) is 35.2 Å². The highest BCUT2D eigenvalue weighted by molar-refractivity contribution is 7.92. The Morgan fingerprint density at radius 2 is 1.92 bits per heavy atom. The highest BCUT2D eigenvalue weighted by Gasteiger charge is 2.30. The minimum absolute atomic E-state index is 0.272. The Balaban J connectivity index is 1.75. The molecule has 8 heteroatoms. The van der Waals surface area contributed by atoms with E-state index in [0.717, 1.165) is 28.9 Å². The van der Waals surface area contributed by atoms with Crippen LogP contribution >= 0.6 is 0 Å². The number of fused-ring (bicyclic) bond motifs is 1. The van der Waals surface area contributed by atoms with Crippen molar-refractivity contribution in [2.24, 2.45) is 0 Å². The Bertz CT molecular complexity index is 999. The van der Waals surface area contributed by atoms with Gasteiger partial charge in [0.1, 0.15) is 6.33 Å². The van der Waals surface area contributed by atoms with Crippen molar-refractivity contribution < 1.29 is 8.42 Å². The molecule has 0 amide bonds. The molecule has 2 aromatic carbocycles. The maximum absolute atomic E-state index is 13.0. The Hall–Kier alpha value is -2.74. The molecule has 7 nitrogen and oxygen atoms in total. The third kappa shape index (κ3) is 2.26. The average Bonchev–Trinajstić information content (AvgIpc) is 3.24. The molecule has 122 valence electrons. The second-order valence-corrected chi connectivity index (χ2v) is 7.52. The Morgan fingerprint density at radius 1 is 1.08 bits per heavy atom. The van der Waals surface area contributed by atoms with Crippen LogP contribution in [-0.2, 0) is 16.4 Å². The maximum atomic E-state index is 13.0. The first kappa shape index (κ1) is 14.8. The van der Waals surface area contributed by atoms with E-state index in [2.05, 4.69) is 15.5 Å². The normalized spacial score (nSPS) is 14.0. The molecule has 1 aliphatic heterocycles. The van der Waals surface area contributed by atoms with Crippen LogP contribution in [0.2, 0.25) is 0 Å². The molecule has 0 saturated carbocycles. The summed E-state index contributed by atoms with van der Waals surface area (Å²) in [5.41, 5.74) is 3.36. The fourth-order valence-electron chi connectivity index (χ4n) is 3.00. The van der Waals surface area contributed by atoms with Crippen molar-refractivity contribution in [3.8, 4) is 5.69 Å². The van der Waals surface area contributed by atoms with Gasteiger partial charge in [0.2, 0.25) is 0 Å². The molecule has 0 bridgehead atoms. The summed E-state index contributed by atoms with van der Waals surface area (Å²) in [6, 6.07) is 12.6. The number of sulfonamides is 1. The van der Waals surface area contributed by atoms with E-state index in [1.807, 2.05) is 31.2 Å². The van der Waals surface area contributed by atoms with E-state index in [1.165, 1.54) is 15.3 Å². The summed E-state index contributed by atoms with van der Waals surface area (Å²) in [6.45, 7) is 2.31. The van der Waals surface area contributed by atoms with Crippen LogP contribution in [0, 0.1) is 6.92 Å². The third-order valence-electron chi connectivity index (χ3n) is 4.20. The van der Waals surface area contributed by atoms with Crippen molar-refractivity contribution in [3.05, 3.63) is 59.9 Å². The molecule has 1 aliphatic rings. The zero-order chi connectivity index (χ0) is 16.7. The maximum Gasteiger partial charge on any atom is 0.264 e. The van der Waals surface area contributed by atoms with Gasteiger partial charge in [-0.15, -0.1) is 5.10 Å². The van der Waals surface area contributed by atoms with Gasteiger partial charge in [0.05, 0.1) is 16.3 Å². The molecular formula is C16H15N5O2S. The highest BCUT2D eigenvalue weighted by atomic mass is 32.2. The van der Waals surface area contributed by atoms with Crippen LogP contribution in [0.4, 0.5) is 5.69 Å². The number of hydrogen-bond donors (Lipinski definition) is 0. The fourth-order valence-corrected chi connectivity index (χ4v) is 4.59. The molecule has 2 heterocycles. The number of benzene rings is 2. The summed E-state index contributed by atoms with van der Waals surface area (Å²) in [6.07, 6.45) is 2.21. The van der Waals surface area contributed by atoms with Gasteiger partial charge in [-0.3, -0.25) is 4.31 Å². The summed E-state index contributed by atoms with van der Waals surface area (Å²) >= 11 is 0. The van der Waals surface area contributed by atoms with E-state index < -0.39 is 10.0 Å². The predicted octanol–water partition coefficient (Wildman–Crippen LogP) is 1.72. The van der Waals surface area contributed by atoms with E-state index in [1.54, 1.807) is 18.2 Å². The quantitative estimate of drug-likeness (QED) is 0.724. The number of nitrogens with zero attached hydrogens (tertiary/aromatic N) is 5. The van der Waals surface area contributed by atoms with Crippen molar-refractivity contribution in [1.82, 2.24) is 20.2 Å². The first-order valence-electron chi connectivity index (χ1n) is 7.52. The molecule has 1 aromatic heterocycles. The minimum atomic E-state index is -3.59. The van der Waals surface area contributed by atoms with E-state index in [9.17, 15) is 8.42 Å². The standard InChI is InChI=1S/C16H15N5O2S/c1-12-10-14(6-7-15(12)20-11-17-18-19-20)24(22,23)21-9-8-13-4-2-3-5-16(13)21/h2-7,10-11H,8-9H2,1H3. The smallest absolute Gasteiger partial charge is 0.264 e. The van der Waals surface area contributed by atoms with Crippen molar-refractivity contribution in [2.75, 3.05) is 10.8 Å². The molecule has 24 heavy (non-hydrogen) atoms. The van der Waals surface area contributed by atoms with E-state index in [4.69, 9.17) is 0 Å². The summed E-state index contributed by atoms with van der Waals surface area (Å²) in [4.78, 5) is 0.272.